The molecule has 0 bridgehead atoms. The highest BCUT2D eigenvalue weighted by Crippen LogP contribution is 2.36. The largest absolute Gasteiger partial charge is 0.346 e. The molecular weight excluding hydrogens is 242 g/mol. The van der Waals surface area contributed by atoms with Crippen molar-refractivity contribution in [1.29, 1.82) is 0 Å². The molecule has 0 amide bonds. The van der Waals surface area contributed by atoms with Crippen LogP contribution in [0, 0.1) is 0 Å². The molecule has 0 saturated carbocycles. The third-order valence-corrected chi connectivity index (χ3v) is 3.43. The van der Waals surface area contributed by atoms with Crippen LogP contribution in [0.25, 0.3) is 10.4 Å². The van der Waals surface area contributed by atoms with Crippen LogP contribution in [-0.2, 0) is 15.3 Å². The molecule has 0 unspecified atom stereocenters. The molecule has 19 heavy (non-hydrogen) atoms. The van der Waals surface area contributed by atoms with E-state index in [-0.39, 0.29) is 6.10 Å². The molecule has 0 spiro atoms. The van der Waals surface area contributed by atoms with E-state index < -0.39 is 5.79 Å². The van der Waals surface area contributed by atoms with Crippen LogP contribution in [-0.4, -0.2) is 19.3 Å². The number of rotatable bonds is 5. The Morgan fingerprint density at radius 2 is 2.21 bits per heavy atom. The topological polar surface area (TPSA) is 67.2 Å². The Bertz CT molecular complexity index is 445. The summed E-state index contributed by atoms with van der Waals surface area (Å²) in [5, 5.41) is 3.57. The van der Waals surface area contributed by atoms with Crippen molar-refractivity contribution in [1.82, 2.24) is 0 Å². The van der Waals surface area contributed by atoms with E-state index in [4.69, 9.17) is 15.0 Å². The molecule has 0 N–H and O–H groups in total. The predicted octanol–water partition coefficient (Wildman–Crippen LogP) is 3.76. The van der Waals surface area contributed by atoms with Crippen LogP contribution in [0.15, 0.2) is 35.4 Å². The van der Waals surface area contributed by atoms with Crippen LogP contribution in [0.5, 0.6) is 0 Å². The third kappa shape index (κ3) is 3.26. The van der Waals surface area contributed by atoms with Gasteiger partial charge in [0.05, 0.1) is 12.7 Å². The number of benzene rings is 1. The summed E-state index contributed by atoms with van der Waals surface area (Å²) in [4.78, 5) is 2.77. The molecule has 0 aromatic heterocycles. The van der Waals surface area contributed by atoms with Gasteiger partial charge in [0.1, 0.15) is 0 Å². The zero-order chi connectivity index (χ0) is 13.6. The van der Waals surface area contributed by atoms with Gasteiger partial charge in [-0.1, -0.05) is 42.4 Å². The molecule has 0 radical (unpaired) electrons. The van der Waals surface area contributed by atoms with Crippen molar-refractivity contribution in [3.05, 3.63) is 46.3 Å². The normalized spacial score (nSPS) is 26.7. The van der Waals surface area contributed by atoms with Crippen molar-refractivity contribution < 1.29 is 9.47 Å². The maximum Gasteiger partial charge on any atom is 0.194 e. The van der Waals surface area contributed by atoms with E-state index in [0.717, 1.165) is 24.8 Å². The highest BCUT2D eigenvalue weighted by atomic mass is 16.7. The Labute approximate surface area is 113 Å². The highest BCUT2D eigenvalue weighted by molar-refractivity contribution is 5.20. The summed E-state index contributed by atoms with van der Waals surface area (Å²) < 4.78 is 12.1. The maximum atomic E-state index is 8.32. The first-order valence-corrected chi connectivity index (χ1v) is 6.69. The van der Waals surface area contributed by atoms with Gasteiger partial charge in [0.25, 0.3) is 0 Å². The Kier molecular flexibility index (Phi) is 4.80. The predicted molar refractivity (Wildman–Crippen MR) is 72.5 cm³/mol. The summed E-state index contributed by atoms with van der Waals surface area (Å²) in [6.45, 7) is 3.20. The average molecular weight is 261 g/mol. The third-order valence-electron chi connectivity index (χ3n) is 3.43. The van der Waals surface area contributed by atoms with Gasteiger partial charge in [-0.25, -0.2) is 0 Å². The summed E-state index contributed by atoms with van der Waals surface area (Å²) in [7, 11) is 0. The molecule has 1 aliphatic rings. The van der Waals surface area contributed by atoms with Crippen LogP contribution >= 0.6 is 0 Å². The van der Waals surface area contributed by atoms with Gasteiger partial charge in [0.2, 0.25) is 0 Å². The molecular formula is C14H19N3O2. The Morgan fingerprint density at radius 3 is 2.89 bits per heavy atom. The Hall–Kier alpha value is -1.55. The number of nitrogens with zero attached hydrogens (tertiary/aromatic N) is 3. The monoisotopic (exact) mass is 261 g/mol. The van der Waals surface area contributed by atoms with Gasteiger partial charge in [-0.05, 0) is 18.4 Å². The number of ether oxygens (including phenoxy) is 2. The van der Waals surface area contributed by atoms with E-state index >= 15 is 0 Å². The quantitative estimate of drug-likeness (QED) is 0.460. The summed E-state index contributed by atoms with van der Waals surface area (Å²) in [5.74, 6) is -0.652. The zero-order valence-corrected chi connectivity index (χ0v) is 11.2. The number of hydrogen-bond donors (Lipinski definition) is 0. The molecule has 1 aromatic carbocycles. The summed E-state index contributed by atoms with van der Waals surface area (Å²) in [5.41, 5.74) is 9.36. The van der Waals surface area contributed by atoms with Crippen molar-refractivity contribution in [3.8, 4) is 0 Å². The zero-order valence-electron chi connectivity index (χ0n) is 11.2. The van der Waals surface area contributed by atoms with E-state index in [0.29, 0.717) is 13.2 Å². The van der Waals surface area contributed by atoms with Crippen molar-refractivity contribution >= 4 is 0 Å². The van der Waals surface area contributed by atoms with Crippen molar-refractivity contribution in [2.45, 2.75) is 38.1 Å². The lowest BCUT2D eigenvalue weighted by molar-refractivity contribution is -0.304. The molecule has 2 atom stereocenters. The standard InChI is InChI=1S/C14H19N3O2/c1-2-14(12-6-4-3-5-7-12)18-11-9-13(19-14)8-10-16-17-15/h3-7,13H,2,8-11H2,1H3/t13-,14-/m1/s1. The van der Waals surface area contributed by atoms with E-state index in [2.05, 4.69) is 16.9 Å². The fraction of sp³-hybridized carbons (Fsp3) is 0.571. The lowest BCUT2D eigenvalue weighted by Crippen LogP contribution is -2.42. The first-order valence-electron chi connectivity index (χ1n) is 6.69. The molecule has 2 rings (SSSR count). The van der Waals surface area contributed by atoms with Crippen LogP contribution in [0.3, 0.4) is 0 Å². The molecule has 5 nitrogen and oxygen atoms in total. The molecule has 0 aliphatic carbocycles. The van der Waals surface area contributed by atoms with E-state index in [9.17, 15) is 0 Å². The van der Waals surface area contributed by atoms with Crippen LogP contribution in [0.1, 0.15) is 31.7 Å². The van der Waals surface area contributed by atoms with E-state index in [1.165, 1.54) is 0 Å². The molecule has 5 heteroatoms. The second-order valence-corrected chi connectivity index (χ2v) is 4.59. The minimum absolute atomic E-state index is 0.0828. The Morgan fingerprint density at radius 1 is 1.42 bits per heavy atom. The second kappa shape index (κ2) is 6.57. The van der Waals surface area contributed by atoms with Crippen LogP contribution in [0.2, 0.25) is 0 Å². The average Bonchev–Trinajstić information content (AvgIpc) is 2.49. The number of azide groups is 1. The first-order chi connectivity index (χ1) is 9.30. The summed E-state index contributed by atoms with van der Waals surface area (Å²) in [6.07, 6.45) is 2.42. The molecule has 1 aliphatic heterocycles. The molecule has 102 valence electrons. The van der Waals surface area contributed by atoms with Gasteiger partial charge in [-0.2, -0.15) is 0 Å². The molecule has 1 fully saturated rings. The van der Waals surface area contributed by atoms with Crippen molar-refractivity contribution in [2.75, 3.05) is 13.2 Å². The van der Waals surface area contributed by atoms with E-state index in [1.807, 2.05) is 30.3 Å². The Balaban J connectivity index is 2.10. The fourth-order valence-electron chi connectivity index (χ4n) is 2.40. The SMILES string of the molecule is CC[C@@]1(c2ccccc2)OCC[C@@H](CCN=[N+]=[N-])O1. The van der Waals surface area contributed by atoms with Gasteiger partial charge < -0.3 is 9.47 Å². The second-order valence-electron chi connectivity index (χ2n) is 4.59. The van der Waals surface area contributed by atoms with E-state index in [1.54, 1.807) is 0 Å². The highest BCUT2D eigenvalue weighted by Gasteiger charge is 2.38. The molecule has 1 aromatic rings. The summed E-state index contributed by atoms with van der Waals surface area (Å²) >= 11 is 0. The van der Waals surface area contributed by atoms with Crippen molar-refractivity contribution in [2.24, 2.45) is 5.11 Å². The lowest BCUT2D eigenvalue weighted by Gasteiger charge is -2.41. The molecule has 1 saturated heterocycles. The van der Waals surface area contributed by atoms with Crippen LogP contribution in [0.4, 0.5) is 0 Å². The fourth-order valence-corrected chi connectivity index (χ4v) is 2.40. The first kappa shape index (κ1) is 13.9. The number of hydrogen-bond acceptors (Lipinski definition) is 3. The minimum atomic E-state index is -0.652. The van der Waals surface area contributed by atoms with Gasteiger partial charge in [0, 0.05) is 23.4 Å². The summed E-state index contributed by atoms with van der Waals surface area (Å²) in [6, 6.07) is 10.0. The lowest BCUT2D eigenvalue weighted by atomic mass is 10.0. The van der Waals surface area contributed by atoms with Gasteiger partial charge >= 0.3 is 0 Å². The van der Waals surface area contributed by atoms with Crippen molar-refractivity contribution in [3.63, 3.8) is 0 Å². The van der Waals surface area contributed by atoms with Gasteiger partial charge in [-0.15, -0.1) is 0 Å². The van der Waals surface area contributed by atoms with Gasteiger partial charge in [-0.3, -0.25) is 0 Å². The maximum absolute atomic E-state index is 8.32. The van der Waals surface area contributed by atoms with Gasteiger partial charge in [0.15, 0.2) is 5.79 Å². The molecule has 1 heterocycles. The smallest absolute Gasteiger partial charge is 0.194 e. The minimum Gasteiger partial charge on any atom is -0.346 e. The van der Waals surface area contributed by atoms with Crippen LogP contribution < -0.4 is 0 Å².